The van der Waals surface area contributed by atoms with E-state index in [1.54, 1.807) is 0 Å². The van der Waals surface area contributed by atoms with Crippen molar-refractivity contribution < 1.29 is 44.2 Å². The van der Waals surface area contributed by atoms with Crippen LogP contribution in [0.1, 0.15) is 85.0 Å². The molecule has 0 aromatic carbocycles. The Morgan fingerprint density at radius 2 is 1.53 bits per heavy atom. The molecule has 4 aliphatic rings. The van der Waals surface area contributed by atoms with E-state index < -0.39 is 39.0 Å². The van der Waals surface area contributed by atoms with Gasteiger partial charge in [0.25, 0.3) is 0 Å². The quantitative estimate of drug-likeness (QED) is 0.373. The van der Waals surface area contributed by atoms with E-state index in [1.165, 1.54) is 0 Å². The van der Waals surface area contributed by atoms with Crippen molar-refractivity contribution in [1.82, 2.24) is 0 Å². The van der Waals surface area contributed by atoms with Gasteiger partial charge in [0, 0.05) is 6.42 Å². The second kappa shape index (κ2) is 9.75. The second-order valence-corrected chi connectivity index (χ2v) is 14.4. The van der Waals surface area contributed by atoms with E-state index in [0.717, 1.165) is 25.7 Å². The van der Waals surface area contributed by atoms with Crippen molar-refractivity contribution in [2.24, 2.45) is 46.3 Å². The van der Waals surface area contributed by atoms with Crippen LogP contribution in [-0.4, -0.2) is 49.2 Å². The van der Waals surface area contributed by atoms with Gasteiger partial charge < -0.3 is 5.11 Å². The molecule has 12 heteroatoms. The van der Waals surface area contributed by atoms with Crippen molar-refractivity contribution in [3.63, 3.8) is 0 Å². The maximum absolute atomic E-state index is 11.9. The Balaban J connectivity index is 1.63. The van der Waals surface area contributed by atoms with E-state index in [9.17, 15) is 30.7 Å². The van der Waals surface area contributed by atoms with Crippen molar-refractivity contribution in [1.29, 1.82) is 0 Å². The molecule has 3 N–H and O–H groups in total. The van der Waals surface area contributed by atoms with Gasteiger partial charge in [-0.2, -0.15) is 16.8 Å². The third-order valence-electron chi connectivity index (χ3n) is 10.7. The van der Waals surface area contributed by atoms with Crippen molar-refractivity contribution in [2.45, 2.75) is 97.2 Å². The minimum atomic E-state index is -4.70. The minimum absolute atomic E-state index is 0.0750. The molecule has 0 spiro atoms. The highest BCUT2D eigenvalue weighted by Crippen LogP contribution is 2.69. The molecule has 0 bridgehead atoms. The molecule has 208 valence electrons. The number of hydrogen-bond acceptors (Lipinski definition) is 7. The van der Waals surface area contributed by atoms with Gasteiger partial charge in [-0.3, -0.25) is 13.9 Å². The Morgan fingerprint density at radius 1 is 0.917 bits per heavy atom. The predicted molar refractivity (Wildman–Crippen MR) is 129 cm³/mol. The Labute approximate surface area is 214 Å². The average molecular weight is 553 g/mol. The molecule has 4 saturated carbocycles. The van der Waals surface area contributed by atoms with Crippen LogP contribution in [0.2, 0.25) is 0 Å². The largest absolute Gasteiger partial charge is 0.481 e. The van der Waals surface area contributed by atoms with Crippen LogP contribution < -0.4 is 0 Å². The molecule has 36 heavy (non-hydrogen) atoms. The Bertz CT molecular complexity index is 1060. The Kier molecular flexibility index (Phi) is 7.64. The normalized spacial score (nSPS) is 43.8. The van der Waals surface area contributed by atoms with Gasteiger partial charge in [-0.1, -0.05) is 20.8 Å². The summed E-state index contributed by atoms with van der Waals surface area (Å²) in [6.45, 7) is 6.58. The zero-order valence-electron chi connectivity index (χ0n) is 21.2. The summed E-state index contributed by atoms with van der Waals surface area (Å²) in [5.41, 5.74) is -0.244. The molecule has 4 rings (SSSR count). The molecule has 1 unspecified atom stereocenters. The van der Waals surface area contributed by atoms with Gasteiger partial charge in [-0.25, -0.2) is 8.37 Å². The van der Waals surface area contributed by atoms with Crippen LogP contribution in [0.3, 0.4) is 0 Å². The zero-order valence-corrected chi connectivity index (χ0v) is 22.8. The summed E-state index contributed by atoms with van der Waals surface area (Å²) in [6.07, 6.45) is 4.89. The highest BCUT2D eigenvalue weighted by atomic mass is 32.3. The zero-order chi connectivity index (χ0) is 26.7. The van der Waals surface area contributed by atoms with Gasteiger partial charge in [-0.15, -0.1) is 0 Å². The molecule has 0 radical (unpaired) electrons. The fraction of sp³-hybridized carbons (Fsp3) is 0.958. The number of fused-ring (bicyclic) bond motifs is 5. The minimum Gasteiger partial charge on any atom is -0.481 e. The summed E-state index contributed by atoms with van der Waals surface area (Å²) in [7, 11) is -9.30. The molecule has 0 aromatic heterocycles. The van der Waals surface area contributed by atoms with Gasteiger partial charge in [-0.05, 0) is 104 Å². The first-order valence-corrected chi connectivity index (χ1v) is 15.8. The van der Waals surface area contributed by atoms with Gasteiger partial charge >= 0.3 is 26.8 Å². The first-order chi connectivity index (χ1) is 16.5. The Morgan fingerprint density at radius 3 is 2.14 bits per heavy atom. The lowest BCUT2D eigenvalue weighted by Crippen LogP contribution is -2.59. The van der Waals surface area contributed by atoms with E-state index in [1.807, 2.05) is 0 Å². The number of carbonyl (C=O) groups is 1. The molecule has 4 fully saturated rings. The summed E-state index contributed by atoms with van der Waals surface area (Å²) >= 11 is 0. The van der Waals surface area contributed by atoms with Gasteiger partial charge in [0.1, 0.15) is 0 Å². The molecule has 0 saturated heterocycles. The molecule has 0 heterocycles. The molecule has 0 aromatic rings. The van der Waals surface area contributed by atoms with Crippen LogP contribution >= 0.6 is 0 Å². The van der Waals surface area contributed by atoms with Crippen molar-refractivity contribution in [3.05, 3.63) is 0 Å². The topological polar surface area (TPSA) is 164 Å². The number of aliphatic carboxylic acids is 1. The number of carboxylic acid groups (broad SMARTS) is 1. The lowest BCUT2D eigenvalue weighted by Gasteiger charge is -2.62. The van der Waals surface area contributed by atoms with E-state index in [4.69, 9.17) is 13.5 Å². The van der Waals surface area contributed by atoms with Crippen LogP contribution in [0.5, 0.6) is 0 Å². The van der Waals surface area contributed by atoms with Crippen molar-refractivity contribution >= 4 is 26.8 Å². The highest BCUT2D eigenvalue weighted by Gasteiger charge is 2.64. The first-order valence-electron chi connectivity index (χ1n) is 13.1. The van der Waals surface area contributed by atoms with E-state index in [0.29, 0.717) is 38.0 Å². The fourth-order valence-electron chi connectivity index (χ4n) is 9.20. The number of rotatable bonds is 8. The SMILES string of the molecule is C[C@@H](CCC(=O)O)[C@H]1CCC2[C@@H]3[C@@H](OS(=O)(=O)O)C[C@@H]4C[C@H](OS(=O)(=O)O)CC[C@]4(C)[C@H]3CC[C@@]21C. The maximum atomic E-state index is 11.9. The summed E-state index contributed by atoms with van der Waals surface area (Å²) in [5, 5.41) is 9.17. The van der Waals surface area contributed by atoms with E-state index in [-0.39, 0.29) is 46.8 Å². The van der Waals surface area contributed by atoms with Gasteiger partial charge in [0.15, 0.2) is 0 Å². The summed E-state index contributed by atoms with van der Waals surface area (Å²) in [5.74, 6) is -0.0748. The van der Waals surface area contributed by atoms with Crippen LogP contribution in [0.25, 0.3) is 0 Å². The first kappa shape index (κ1) is 28.2. The summed E-state index contributed by atoms with van der Waals surface area (Å²) in [4.78, 5) is 11.2. The molecular formula is C24H40O10S2. The molecule has 4 aliphatic carbocycles. The monoisotopic (exact) mass is 552 g/mol. The lowest BCUT2D eigenvalue weighted by atomic mass is 9.43. The van der Waals surface area contributed by atoms with E-state index >= 15 is 0 Å². The maximum Gasteiger partial charge on any atom is 0.397 e. The van der Waals surface area contributed by atoms with Crippen LogP contribution in [0.15, 0.2) is 0 Å². The lowest BCUT2D eigenvalue weighted by molar-refractivity contribution is -0.166. The van der Waals surface area contributed by atoms with Crippen molar-refractivity contribution in [2.75, 3.05) is 0 Å². The van der Waals surface area contributed by atoms with Crippen molar-refractivity contribution in [3.8, 4) is 0 Å². The van der Waals surface area contributed by atoms with Crippen LogP contribution in [0.4, 0.5) is 0 Å². The van der Waals surface area contributed by atoms with Gasteiger partial charge in [0.2, 0.25) is 0 Å². The standard InChI is InChI=1S/C24H40O10S2/c1-14(4-7-21(25)26)17-5-6-18-22-19(9-11-24(17,18)3)23(2)10-8-16(33-35(27,28)29)12-15(23)13-20(22)34-36(30,31)32/h14-20,22H,4-13H2,1-3H3,(H,25,26)(H,27,28,29)(H,30,31,32)/t14-,15-,16+,17+,18?,19-,20-,22-,23-,24+/m0/s1. The molecular weight excluding hydrogens is 512 g/mol. The van der Waals surface area contributed by atoms with Gasteiger partial charge in [0.05, 0.1) is 12.2 Å². The molecule has 10 nitrogen and oxygen atoms in total. The predicted octanol–water partition coefficient (Wildman–Crippen LogP) is 4.13. The molecule has 0 amide bonds. The number of carboxylic acids is 1. The smallest absolute Gasteiger partial charge is 0.397 e. The van der Waals surface area contributed by atoms with Crippen LogP contribution in [-0.2, 0) is 34.0 Å². The average Bonchev–Trinajstić information content (AvgIpc) is 3.08. The third-order valence-corrected chi connectivity index (χ3v) is 11.7. The highest BCUT2D eigenvalue weighted by molar-refractivity contribution is 7.81. The summed E-state index contributed by atoms with van der Waals surface area (Å²) in [6, 6.07) is 0. The van der Waals surface area contributed by atoms with E-state index in [2.05, 4.69) is 20.8 Å². The number of hydrogen-bond donors (Lipinski definition) is 3. The summed E-state index contributed by atoms with van der Waals surface area (Å²) < 4.78 is 75.5. The Hall–Kier alpha value is -0.790. The molecule has 10 atom stereocenters. The fourth-order valence-corrected chi connectivity index (χ4v) is 10.2. The van der Waals surface area contributed by atoms with Crippen LogP contribution in [0, 0.1) is 46.3 Å². The third kappa shape index (κ3) is 5.49. The molecule has 0 aliphatic heterocycles. The second-order valence-electron chi connectivity index (χ2n) is 12.3.